The van der Waals surface area contributed by atoms with Crippen LogP contribution in [0.15, 0.2) is 42.7 Å². The highest BCUT2D eigenvalue weighted by molar-refractivity contribution is 5.78. The number of benzene rings is 1. The van der Waals surface area contributed by atoms with Crippen LogP contribution in [0.1, 0.15) is 12.0 Å². The molecule has 20 heavy (non-hydrogen) atoms. The third-order valence-electron chi connectivity index (χ3n) is 3.67. The molecule has 5 heteroatoms. The van der Waals surface area contributed by atoms with E-state index in [0.29, 0.717) is 6.42 Å². The van der Waals surface area contributed by atoms with Gasteiger partial charge in [0.15, 0.2) is 0 Å². The normalized spacial score (nSPS) is 18.8. The van der Waals surface area contributed by atoms with E-state index in [-0.39, 0.29) is 11.9 Å². The van der Waals surface area contributed by atoms with Crippen molar-refractivity contribution >= 4 is 5.91 Å². The van der Waals surface area contributed by atoms with E-state index in [4.69, 9.17) is 0 Å². The fourth-order valence-corrected chi connectivity index (χ4v) is 2.55. The molecule has 2 aromatic rings. The molecule has 1 unspecified atom stereocenters. The van der Waals surface area contributed by atoms with Crippen molar-refractivity contribution in [2.75, 3.05) is 13.6 Å². The first-order chi connectivity index (χ1) is 9.74. The highest BCUT2D eigenvalue weighted by Gasteiger charge is 2.26. The van der Waals surface area contributed by atoms with E-state index >= 15 is 0 Å². The minimum absolute atomic E-state index is 0.211. The second-order valence-corrected chi connectivity index (χ2v) is 5.14. The molecule has 104 valence electrons. The molecule has 0 aliphatic carbocycles. The Kier molecular flexibility index (Phi) is 3.52. The first kappa shape index (κ1) is 12.9. The summed E-state index contributed by atoms with van der Waals surface area (Å²) >= 11 is 0. The second-order valence-electron chi connectivity index (χ2n) is 5.14. The summed E-state index contributed by atoms with van der Waals surface area (Å²) in [5, 5.41) is 7.74. The van der Waals surface area contributed by atoms with Gasteiger partial charge in [0, 0.05) is 45.0 Å². The van der Waals surface area contributed by atoms with Gasteiger partial charge in [0.1, 0.15) is 0 Å². The molecule has 1 fully saturated rings. The second kappa shape index (κ2) is 5.46. The maximum atomic E-state index is 11.5. The lowest BCUT2D eigenvalue weighted by molar-refractivity contribution is -0.126. The molecule has 1 N–H and O–H groups in total. The highest BCUT2D eigenvalue weighted by atomic mass is 16.2. The number of amides is 1. The molecule has 1 aromatic heterocycles. The zero-order chi connectivity index (χ0) is 13.9. The van der Waals surface area contributed by atoms with Crippen molar-refractivity contribution in [3.05, 3.63) is 48.3 Å². The number of para-hydroxylation sites is 1. The predicted molar refractivity (Wildman–Crippen MR) is 76.4 cm³/mol. The van der Waals surface area contributed by atoms with Crippen LogP contribution < -0.4 is 5.32 Å². The van der Waals surface area contributed by atoms with Crippen LogP contribution in [0.4, 0.5) is 0 Å². The van der Waals surface area contributed by atoms with Crippen LogP contribution in [0.25, 0.3) is 5.69 Å². The standard InChI is InChI=1S/C15H18N4O/c1-18-11-13(9-15(18)20)16-10-12-5-2-3-6-14(12)19-8-4-7-17-19/h2-8,13,16H,9-11H2,1H3. The molecule has 0 bridgehead atoms. The van der Waals surface area contributed by atoms with Gasteiger partial charge in [-0.1, -0.05) is 18.2 Å². The average Bonchev–Trinajstić information content (AvgIpc) is 3.08. The van der Waals surface area contributed by atoms with Crippen molar-refractivity contribution in [1.82, 2.24) is 20.0 Å². The van der Waals surface area contributed by atoms with Crippen molar-refractivity contribution in [2.24, 2.45) is 0 Å². The lowest BCUT2D eigenvalue weighted by Crippen LogP contribution is -2.31. The van der Waals surface area contributed by atoms with Crippen LogP contribution in [0.5, 0.6) is 0 Å². The van der Waals surface area contributed by atoms with Crippen LogP contribution >= 0.6 is 0 Å². The fraction of sp³-hybridized carbons (Fsp3) is 0.333. The van der Waals surface area contributed by atoms with Crippen molar-refractivity contribution in [2.45, 2.75) is 19.0 Å². The molecule has 1 atom stereocenters. The lowest BCUT2D eigenvalue weighted by Gasteiger charge is -2.14. The summed E-state index contributed by atoms with van der Waals surface area (Å²) in [4.78, 5) is 13.3. The van der Waals surface area contributed by atoms with E-state index in [2.05, 4.69) is 22.5 Å². The number of nitrogens with one attached hydrogen (secondary N) is 1. The number of hydrogen-bond donors (Lipinski definition) is 1. The van der Waals surface area contributed by atoms with Gasteiger partial charge in [0.25, 0.3) is 0 Å². The Balaban J connectivity index is 1.71. The van der Waals surface area contributed by atoms with Gasteiger partial charge in [0.2, 0.25) is 5.91 Å². The van der Waals surface area contributed by atoms with Crippen LogP contribution in [0, 0.1) is 0 Å². The number of rotatable bonds is 4. The number of aromatic nitrogens is 2. The van der Waals surface area contributed by atoms with Gasteiger partial charge in [-0.05, 0) is 17.7 Å². The number of likely N-dealkylation sites (N-methyl/N-ethyl adjacent to an activating group) is 1. The van der Waals surface area contributed by atoms with Gasteiger partial charge in [-0.25, -0.2) is 4.68 Å². The smallest absolute Gasteiger partial charge is 0.224 e. The van der Waals surface area contributed by atoms with E-state index in [1.165, 1.54) is 5.56 Å². The number of carbonyl (C=O) groups excluding carboxylic acids is 1. The van der Waals surface area contributed by atoms with Crippen molar-refractivity contribution < 1.29 is 4.79 Å². The lowest BCUT2D eigenvalue weighted by atomic mass is 10.1. The summed E-state index contributed by atoms with van der Waals surface area (Å²) in [6.45, 7) is 1.52. The Morgan fingerprint density at radius 2 is 2.20 bits per heavy atom. The van der Waals surface area contributed by atoms with E-state index in [0.717, 1.165) is 18.8 Å². The summed E-state index contributed by atoms with van der Waals surface area (Å²) < 4.78 is 1.86. The molecule has 0 spiro atoms. The first-order valence-corrected chi connectivity index (χ1v) is 6.79. The Morgan fingerprint density at radius 1 is 1.35 bits per heavy atom. The summed E-state index contributed by atoms with van der Waals surface area (Å²) in [6.07, 6.45) is 4.29. The Labute approximate surface area is 118 Å². The van der Waals surface area contributed by atoms with Crippen molar-refractivity contribution in [3.63, 3.8) is 0 Å². The topological polar surface area (TPSA) is 50.2 Å². The molecule has 1 aliphatic heterocycles. The zero-order valence-electron chi connectivity index (χ0n) is 11.5. The maximum Gasteiger partial charge on any atom is 0.224 e. The summed E-state index contributed by atoms with van der Waals surface area (Å²) in [5.74, 6) is 0.211. The fourth-order valence-electron chi connectivity index (χ4n) is 2.55. The number of hydrogen-bond acceptors (Lipinski definition) is 3. The molecule has 1 saturated heterocycles. The maximum absolute atomic E-state index is 11.5. The molecule has 1 aliphatic rings. The number of carbonyl (C=O) groups is 1. The summed E-state index contributed by atoms with van der Waals surface area (Å²) in [5.41, 5.74) is 2.25. The molecule has 3 rings (SSSR count). The number of nitrogens with zero attached hydrogens (tertiary/aromatic N) is 3. The van der Waals surface area contributed by atoms with Gasteiger partial charge in [-0.15, -0.1) is 0 Å². The predicted octanol–water partition coefficient (Wildman–Crippen LogP) is 1.19. The molecule has 1 amide bonds. The Bertz CT molecular complexity index is 594. The molecule has 5 nitrogen and oxygen atoms in total. The highest BCUT2D eigenvalue weighted by Crippen LogP contribution is 2.15. The molecule has 0 saturated carbocycles. The molecule has 0 radical (unpaired) electrons. The van der Waals surface area contributed by atoms with Crippen LogP contribution in [-0.4, -0.2) is 40.2 Å². The largest absolute Gasteiger partial charge is 0.344 e. The summed E-state index contributed by atoms with van der Waals surface area (Å²) in [6, 6.07) is 10.3. The van der Waals surface area contributed by atoms with E-state index < -0.39 is 0 Å². The molecule has 1 aromatic carbocycles. The quantitative estimate of drug-likeness (QED) is 0.908. The van der Waals surface area contributed by atoms with Crippen LogP contribution in [0.2, 0.25) is 0 Å². The van der Waals surface area contributed by atoms with E-state index in [1.54, 1.807) is 11.1 Å². The van der Waals surface area contributed by atoms with Crippen molar-refractivity contribution in [3.8, 4) is 5.69 Å². The average molecular weight is 270 g/mol. The SMILES string of the molecule is CN1CC(NCc2ccccc2-n2cccn2)CC1=O. The Hall–Kier alpha value is -2.14. The van der Waals surface area contributed by atoms with Gasteiger partial charge in [-0.3, -0.25) is 4.79 Å². The minimum Gasteiger partial charge on any atom is -0.344 e. The molecular formula is C15H18N4O. The first-order valence-electron chi connectivity index (χ1n) is 6.79. The minimum atomic E-state index is 0.211. The summed E-state index contributed by atoms with van der Waals surface area (Å²) in [7, 11) is 1.85. The monoisotopic (exact) mass is 270 g/mol. The van der Waals surface area contributed by atoms with Crippen molar-refractivity contribution in [1.29, 1.82) is 0 Å². The van der Waals surface area contributed by atoms with Crippen LogP contribution in [0.3, 0.4) is 0 Å². The van der Waals surface area contributed by atoms with E-state index in [1.807, 2.05) is 36.1 Å². The van der Waals surface area contributed by atoms with Gasteiger partial charge in [-0.2, -0.15) is 5.10 Å². The zero-order valence-corrected chi connectivity index (χ0v) is 11.5. The van der Waals surface area contributed by atoms with Gasteiger partial charge < -0.3 is 10.2 Å². The van der Waals surface area contributed by atoms with Crippen LogP contribution in [-0.2, 0) is 11.3 Å². The molecular weight excluding hydrogens is 252 g/mol. The third-order valence-corrected chi connectivity index (χ3v) is 3.67. The third kappa shape index (κ3) is 2.58. The van der Waals surface area contributed by atoms with E-state index in [9.17, 15) is 4.79 Å². The number of likely N-dealkylation sites (tertiary alicyclic amines) is 1. The molecule has 2 heterocycles. The van der Waals surface area contributed by atoms with Gasteiger partial charge in [0.05, 0.1) is 5.69 Å². The van der Waals surface area contributed by atoms with Gasteiger partial charge >= 0.3 is 0 Å². The Morgan fingerprint density at radius 3 is 2.90 bits per heavy atom.